The number of carbonyl (C=O) groups excluding carboxylic acids is 1. The van der Waals surface area contributed by atoms with E-state index in [0.29, 0.717) is 6.54 Å². The first-order chi connectivity index (χ1) is 12.2. The van der Waals surface area contributed by atoms with Gasteiger partial charge in [0.2, 0.25) is 5.91 Å². The molecule has 2 aromatic heterocycles. The second kappa shape index (κ2) is 6.69. The SMILES string of the molecule is Cc1nc(/C=C/C(=O)N2CCn3cccc3[C@@H]2c2ccccc2)cs1. The number of benzene rings is 1. The molecule has 5 heteroatoms. The molecule has 126 valence electrons. The Kier molecular flexibility index (Phi) is 4.24. The number of aryl methyl sites for hydroxylation is 1. The Labute approximate surface area is 151 Å². The minimum atomic E-state index is -0.0562. The van der Waals surface area contributed by atoms with Crippen LogP contribution in [0, 0.1) is 6.92 Å². The molecule has 0 unspecified atom stereocenters. The molecule has 0 fully saturated rings. The van der Waals surface area contributed by atoms with Gasteiger partial charge in [-0.25, -0.2) is 4.98 Å². The molecule has 0 bridgehead atoms. The summed E-state index contributed by atoms with van der Waals surface area (Å²) in [5.41, 5.74) is 3.13. The van der Waals surface area contributed by atoms with Crippen LogP contribution in [0.5, 0.6) is 0 Å². The summed E-state index contributed by atoms with van der Waals surface area (Å²) in [6.45, 7) is 3.48. The van der Waals surface area contributed by atoms with Crippen molar-refractivity contribution < 1.29 is 4.79 Å². The Morgan fingerprint density at radius 3 is 2.80 bits per heavy atom. The first kappa shape index (κ1) is 15.8. The average Bonchev–Trinajstić information content (AvgIpc) is 3.28. The standard InChI is InChI=1S/C20H19N3OS/c1-15-21-17(14-25-15)9-10-19(24)23-13-12-22-11-5-8-18(22)20(23)16-6-3-2-4-7-16/h2-11,14,20H,12-13H2,1H3/b10-9+/t20-/m0/s1. The molecule has 0 saturated heterocycles. The summed E-state index contributed by atoms with van der Waals surface area (Å²) in [6, 6.07) is 14.3. The van der Waals surface area contributed by atoms with Gasteiger partial charge in [0.25, 0.3) is 0 Å². The van der Waals surface area contributed by atoms with Gasteiger partial charge in [0.05, 0.1) is 16.7 Å². The summed E-state index contributed by atoms with van der Waals surface area (Å²) in [6.07, 6.45) is 5.53. The lowest BCUT2D eigenvalue weighted by atomic mass is 10.00. The molecule has 1 aromatic carbocycles. The van der Waals surface area contributed by atoms with Crippen LogP contribution in [0.1, 0.15) is 28.0 Å². The average molecular weight is 349 g/mol. The fraction of sp³-hybridized carbons (Fsp3) is 0.200. The van der Waals surface area contributed by atoms with Gasteiger partial charge in [-0.1, -0.05) is 30.3 Å². The zero-order valence-corrected chi connectivity index (χ0v) is 14.8. The van der Waals surface area contributed by atoms with Crippen molar-refractivity contribution >= 4 is 23.3 Å². The fourth-order valence-corrected chi connectivity index (χ4v) is 3.90. The number of hydrogen-bond acceptors (Lipinski definition) is 3. The van der Waals surface area contributed by atoms with Crippen LogP contribution in [-0.4, -0.2) is 26.9 Å². The van der Waals surface area contributed by atoms with Crippen molar-refractivity contribution in [1.82, 2.24) is 14.5 Å². The number of fused-ring (bicyclic) bond motifs is 1. The van der Waals surface area contributed by atoms with Crippen LogP contribution < -0.4 is 0 Å². The number of carbonyl (C=O) groups is 1. The normalized spacial score (nSPS) is 17.0. The Bertz CT molecular complexity index is 910. The molecular weight excluding hydrogens is 330 g/mol. The van der Waals surface area contributed by atoms with E-state index in [4.69, 9.17) is 0 Å². The van der Waals surface area contributed by atoms with E-state index in [1.807, 2.05) is 47.5 Å². The predicted octanol–water partition coefficient (Wildman–Crippen LogP) is 3.90. The number of rotatable bonds is 3. The predicted molar refractivity (Wildman–Crippen MR) is 100 cm³/mol. The molecule has 1 aliphatic heterocycles. The lowest BCUT2D eigenvalue weighted by Crippen LogP contribution is -2.41. The molecule has 1 amide bonds. The third kappa shape index (κ3) is 3.15. The molecule has 0 aliphatic carbocycles. The number of nitrogens with zero attached hydrogens (tertiary/aromatic N) is 3. The molecule has 3 aromatic rings. The van der Waals surface area contributed by atoms with Crippen LogP contribution in [-0.2, 0) is 11.3 Å². The van der Waals surface area contributed by atoms with E-state index in [1.54, 1.807) is 17.4 Å². The Hall–Kier alpha value is -2.66. The van der Waals surface area contributed by atoms with Crippen molar-refractivity contribution in [2.24, 2.45) is 0 Å². The Morgan fingerprint density at radius 1 is 1.20 bits per heavy atom. The highest BCUT2D eigenvalue weighted by molar-refractivity contribution is 7.09. The van der Waals surface area contributed by atoms with Gasteiger partial charge in [-0.15, -0.1) is 11.3 Å². The van der Waals surface area contributed by atoms with Crippen LogP contribution in [0.3, 0.4) is 0 Å². The monoisotopic (exact) mass is 349 g/mol. The molecular formula is C20H19N3OS. The van der Waals surface area contributed by atoms with E-state index >= 15 is 0 Å². The summed E-state index contributed by atoms with van der Waals surface area (Å²) in [5, 5.41) is 2.97. The summed E-state index contributed by atoms with van der Waals surface area (Å²) in [7, 11) is 0. The van der Waals surface area contributed by atoms with Crippen LogP contribution >= 0.6 is 11.3 Å². The van der Waals surface area contributed by atoms with E-state index in [-0.39, 0.29) is 11.9 Å². The van der Waals surface area contributed by atoms with Crippen molar-refractivity contribution in [3.05, 3.63) is 82.1 Å². The van der Waals surface area contributed by atoms with Gasteiger partial charge in [-0.05, 0) is 30.7 Å². The number of thiazole rings is 1. The van der Waals surface area contributed by atoms with E-state index in [0.717, 1.165) is 28.5 Å². The van der Waals surface area contributed by atoms with Gasteiger partial charge in [-0.2, -0.15) is 0 Å². The summed E-state index contributed by atoms with van der Waals surface area (Å²) in [4.78, 5) is 19.2. The lowest BCUT2D eigenvalue weighted by molar-refractivity contribution is -0.128. The Balaban J connectivity index is 1.65. The Morgan fingerprint density at radius 2 is 2.04 bits per heavy atom. The van der Waals surface area contributed by atoms with Gasteiger partial charge >= 0.3 is 0 Å². The highest BCUT2D eigenvalue weighted by Crippen LogP contribution is 2.32. The van der Waals surface area contributed by atoms with Gasteiger partial charge in [0.1, 0.15) is 0 Å². The first-order valence-corrected chi connectivity index (χ1v) is 9.21. The highest BCUT2D eigenvalue weighted by atomic mass is 32.1. The molecule has 0 saturated carbocycles. The molecule has 0 spiro atoms. The zero-order valence-electron chi connectivity index (χ0n) is 14.0. The molecule has 0 N–H and O–H groups in total. The van der Waals surface area contributed by atoms with Crippen molar-refractivity contribution in [3.63, 3.8) is 0 Å². The minimum Gasteiger partial charge on any atom is -0.348 e. The third-order valence-corrected chi connectivity index (χ3v) is 5.26. The first-order valence-electron chi connectivity index (χ1n) is 8.33. The molecule has 4 rings (SSSR count). The molecule has 25 heavy (non-hydrogen) atoms. The molecule has 3 heterocycles. The number of amides is 1. The maximum Gasteiger partial charge on any atom is 0.247 e. The molecule has 0 radical (unpaired) electrons. The smallest absolute Gasteiger partial charge is 0.247 e. The summed E-state index contributed by atoms with van der Waals surface area (Å²) >= 11 is 1.59. The van der Waals surface area contributed by atoms with Crippen LogP contribution in [0.25, 0.3) is 6.08 Å². The van der Waals surface area contributed by atoms with Crippen LogP contribution in [0.4, 0.5) is 0 Å². The van der Waals surface area contributed by atoms with Crippen LogP contribution in [0.15, 0.2) is 60.1 Å². The topological polar surface area (TPSA) is 38.1 Å². The summed E-state index contributed by atoms with van der Waals surface area (Å²) < 4.78 is 2.23. The van der Waals surface area contributed by atoms with E-state index in [2.05, 4.69) is 33.9 Å². The lowest BCUT2D eigenvalue weighted by Gasteiger charge is -2.36. The van der Waals surface area contributed by atoms with Gasteiger partial charge in [0.15, 0.2) is 0 Å². The number of hydrogen-bond donors (Lipinski definition) is 0. The zero-order chi connectivity index (χ0) is 17.2. The highest BCUT2D eigenvalue weighted by Gasteiger charge is 2.30. The van der Waals surface area contributed by atoms with Gasteiger partial charge in [-0.3, -0.25) is 4.79 Å². The molecule has 1 atom stereocenters. The van der Waals surface area contributed by atoms with E-state index in [9.17, 15) is 4.79 Å². The van der Waals surface area contributed by atoms with E-state index < -0.39 is 0 Å². The van der Waals surface area contributed by atoms with Crippen molar-refractivity contribution in [2.45, 2.75) is 19.5 Å². The maximum atomic E-state index is 12.9. The quantitative estimate of drug-likeness (QED) is 0.673. The van der Waals surface area contributed by atoms with Crippen LogP contribution in [0.2, 0.25) is 0 Å². The van der Waals surface area contributed by atoms with Gasteiger partial charge < -0.3 is 9.47 Å². The second-order valence-corrected chi connectivity index (χ2v) is 7.16. The summed E-state index contributed by atoms with van der Waals surface area (Å²) in [5.74, 6) is 0.0203. The molecule has 1 aliphatic rings. The van der Waals surface area contributed by atoms with E-state index in [1.165, 1.54) is 0 Å². The third-order valence-electron chi connectivity index (χ3n) is 4.47. The van der Waals surface area contributed by atoms with Crippen molar-refractivity contribution in [3.8, 4) is 0 Å². The largest absolute Gasteiger partial charge is 0.348 e. The van der Waals surface area contributed by atoms with Gasteiger partial charge in [0, 0.05) is 36.4 Å². The second-order valence-electron chi connectivity index (χ2n) is 6.10. The minimum absolute atomic E-state index is 0.0203. The number of aromatic nitrogens is 2. The molecule has 4 nitrogen and oxygen atoms in total. The van der Waals surface area contributed by atoms with Crippen molar-refractivity contribution in [2.75, 3.05) is 6.54 Å². The van der Waals surface area contributed by atoms with Crippen molar-refractivity contribution in [1.29, 1.82) is 0 Å². The fourth-order valence-electron chi connectivity index (χ4n) is 3.32. The maximum absolute atomic E-state index is 12.9.